The Labute approximate surface area is 215 Å². The van der Waals surface area contributed by atoms with Gasteiger partial charge in [-0.3, -0.25) is 10.00 Å². The fourth-order valence-electron chi connectivity index (χ4n) is 4.15. The molecule has 0 aliphatic carbocycles. The average molecular weight is 523 g/mol. The lowest BCUT2D eigenvalue weighted by atomic mass is 10.2. The highest BCUT2D eigenvalue weighted by Crippen LogP contribution is 2.33. The van der Waals surface area contributed by atoms with Crippen molar-refractivity contribution in [2.75, 3.05) is 38.7 Å². The molecular weight excluding hydrogens is 500 g/mol. The van der Waals surface area contributed by atoms with Crippen LogP contribution >= 0.6 is 22.9 Å². The van der Waals surface area contributed by atoms with Crippen molar-refractivity contribution >= 4 is 45.5 Å². The number of nitrogens with zero attached hydrogens (tertiary/aromatic N) is 5. The minimum Gasteiger partial charge on any atom is -0.491 e. The number of imidazole rings is 1. The third-order valence-electron chi connectivity index (χ3n) is 5.98. The molecule has 12 heteroatoms. The molecule has 1 aromatic carbocycles. The molecular formula is C24H23ClN8O2S. The third kappa shape index (κ3) is 4.65. The van der Waals surface area contributed by atoms with Crippen LogP contribution in [0.1, 0.15) is 5.56 Å². The molecule has 0 saturated carbocycles. The summed E-state index contributed by atoms with van der Waals surface area (Å²) in [7, 11) is 1.58. The molecule has 1 aliphatic heterocycles. The number of hydrogen-bond donors (Lipinski definition) is 3. The van der Waals surface area contributed by atoms with Crippen molar-refractivity contribution in [2.45, 2.75) is 6.54 Å². The lowest BCUT2D eigenvalue weighted by molar-refractivity contribution is 0.0342. The number of benzene rings is 1. The van der Waals surface area contributed by atoms with Gasteiger partial charge in [0.15, 0.2) is 28.9 Å². The van der Waals surface area contributed by atoms with Crippen LogP contribution in [-0.4, -0.2) is 68.4 Å². The van der Waals surface area contributed by atoms with Gasteiger partial charge in [0.05, 0.1) is 47.6 Å². The SMILES string of the molecule is COc1cnc(-c2csc(Cl)c2)nc1Nc1c[nH]nc1-c1nc2cc(CN3CCOCC3)ccc2[nH]1. The maximum Gasteiger partial charge on any atom is 0.179 e. The Kier molecular flexibility index (Phi) is 6.28. The predicted molar refractivity (Wildman–Crippen MR) is 140 cm³/mol. The monoisotopic (exact) mass is 522 g/mol. The third-order valence-corrected chi connectivity index (χ3v) is 7.07. The van der Waals surface area contributed by atoms with Crippen molar-refractivity contribution in [3.8, 4) is 28.7 Å². The van der Waals surface area contributed by atoms with E-state index in [1.807, 2.05) is 11.4 Å². The van der Waals surface area contributed by atoms with Gasteiger partial charge in [-0.2, -0.15) is 5.10 Å². The van der Waals surface area contributed by atoms with Crippen LogP contribution in [0.3, 0.4) is 0 Å². The molecule has 0 radical (unpaired) electrons. The largest absolute Gasteiger partial charge is 0.491 e. The average Bonchev–Trinajstić information content (AvgIpc) is 3.64. The van der Waals surface area contributed by atoms with E-state index in [-0.39, 0.29) is 0 Å². The quantitative estimate of drug-likeness (QED) is 0.281. The van der Waals surface area contributed by atoms with E-state index in [2.05, 4.69) is 53.6 Å². The van der Waals surface area contributed by atoms with Crippen molar-refractivity contribution in [3.05, 3.63) is 51.9 Å². The Morgan fingerprint density at radius 2 is 2.11 bits per heavy atom. The molecule has 3 N–H and O–H groups in total. The Morgan fingerprint density at radius 1 is 1.22 bits per heavy atom. The summed E-state index contributed by atoms with van der Waals surface area (Å²) >= 11 is 7.53. The number of hydrogen-bond acceptors (Lipinski definition) is 9. The molecule has 5 aromatic rings. The molecule has 36 heavy (non-hydrogen) atoms. The first-order valence-corrected chi connectivity index (χ1v) is 12.7. The molecule has 1 fully saturated rings. The summed E-state index contributed by atoms with van der Waals surface area (Å²) in [5.41, 5.74) is 5.24. The van der Waals surface area contributed by atoms with Crippen LogP contribution in [0.5, 0.6) is 5.75 Å². The zero-order valence-corrected chi connectivity index (χ0v) is 21.0. The van der Waals surface area contributed by atoms with Crippen LogP contribution in [0.25, 0.3) is 33.9 Å². The van der Waals surface area contributed by atoms with Crippen LogP contribution in [0.4, 0.5) is 11.5 Å². The highest BCUT2D eigenvalue weighted by atomic mass is 35.5. The van der Waals surface area contributed by atoms with Crippen molar-refractivity contribution < 1.29 is 9.47 Å². The number of aromatic nitrogens is 6. The van der Waals surface area contributed by atoms with Gasteiger partial charge in [0.2, 0.25) is 0 Å². The number of ether oxygens (including phenoxy) is 2. The molecule has 6 rings (SSSR count). The van der Waals surface area contributed by atoms with Gasteiger partial charge in [0, 0.05) is 36.8 Å². The molecule has 0 amide bonds. The maximum absolute atomic E-state index is 6.10. The highest BCUT2D eigenvalue weighted by Gasteiger charge is 2.18. The summed E-state index contributed by atoms with van der Waals surface area (Å²) in [6.45, 7) is 4.33. The van der Waals surface area contributed by atoms with Crippen molar-refractivity contribution in [1.82, 2.24) is 35.0 Å². The molecule has 1 saturated heterocycles. The molecule has 184 valence electrons. The van der Waals surface area contributed by atoms with Crippen LogP contribution < -0.4 is 10.1 Å². The minimum atomic E-state index is 0.504. The van der Waals surface area contributed by atoms with Crippen molar-refractivity contribution in [3.63, 3.8) is 0 Å². The zero-order chi connectivity index (χ0) is 24.5. The Balaban J connectivity index is 1.28. The molecule has 0 bridgehead atoms. The van der Waals surface area contributed by atoms with Crippen LogP contribution in [-0.2, 0) is 11.3 Å². The number of nitrogens with one attached hydrogen (secondary N) is 3. The van der Waals surface area contributed by atoms with Gasteiger partial charge >= 0.3 is 0 Å². The van der Waals surface area contributed by atoms with Crippen molar-refractivity contribution in [2.24, 2.45) is 0 Å². The highest BCUT2D eigenvalue weighted by molar-refractivity contribution is 7.14. The summed E-state index contributed by atoms with van der Waals surface area (Å²) in [4.78, 5) is 19.7. The van der Waals surface area contributed by atoms with E-state index in [0.29, 0.717) is 38.9 Å². The number of methoxy groups -OCH3 is 1. The number of aromatic amines is 2. The Bertz CT molecular complexity index is 1510. The van der Waals surface area contributed by atoms with E-state index >= 15 is 0 Å². The molecule has 0 unspecified atom stereocenters. The number of morpholine rings is 1. The fourth-order valence-corrected chi connectivity index (χ4v) is 5.01. The first-order valence-electron chi connectivity index (χ1n) is 11.4. The first kappa shape index (κ1) is 22.9. The zero-order valence-electron chi connectivity index (χ0n) is 19.4. The predicted octanol–water partition coefficient (Wildman–Crippen LogP) is 4.71. The van der Waals surface area contributed by atoms with E-state index in [0.717, 1.165) is 49.4 Å². The maximum atomic E-state index is 6.10. The molecule has 1 aliphatic rings. The number of halogens is 1. The number of fused-ring (bicyclic) bond motifs is 1. The van der Waals surface area contributed by atoms with E-state index in [9.17, 15) is 0 Å². The van der Waals surface area contributed by atoms with E-state index in [1.54, 1.807) is 19.5 Å². The molecule has 0 spiro atoms. The summed E-state index contributed by atoms with van der Waals surface area (Å²) in [6, 6.07) is 8.15. The van der Waals surface area contributed by atoms with E-state index < -0.39 is 0 Å². The number of H-pyrrole nitrogens is 2. The number of thiophene rings is 1. The summed E-state index contributed by atoms with van der Waals surface area (Å²) in [5.74, 6) is 2.21. The fraction of sp³-hybridized carbons (Fsp3) is 0.250. The lowest BCUT2D eigenvalue weighted by Gasteiger charge is -2.26. The second-order valence-electron chi connectivity index (χ2n) is 8.35. The van der Waals surface area contributed by atoms with Gasteiger partial charge in [-0.05, 0) is 23.8 Å². The summed E-state index contributed by atoms with van der Waals surface area (Å²) in [5, 5.41) is 12.6. The second kappa shape index (κ2) is 9.86. The van der Waals surface area contributed by atoms with Crippen LogP contribution in [0.15, 0.2) is 42.0 Å². The molecule has 10 nitrogen and oxygen atoms in total. The van der Waals surface area contributed by atoms with Crippen LogP contribution in [0.2, 0.25) is 4.34 Å². The summed E-state index contributed by atoms with van der Waals surface area (Å²) in [6.07, 6.45) is 3.39. The van der Waals surface area contributed by atoms with Gasteiger partial charge in [0.25, 0.3) is 0 Å². The van der Waals surface area contributed by atoms with E-state index in [4.69, 9.17) is 26.1 Å². The van der Waals surface area contributed by atoms with Gasteiger partial charge in [0.1, 0.15) is 0 Å². The van der Waals surface area contributed by atoms with E-state index in [1.165, 1.54) is 16.9 Å². The number of anilines is 2. The molecule has 0 atom stereocenters. The van der Waals surface area contributed by atoms with Gasteiger partial charge in [-0.1, -0.05) is 17.7 Å². The first-order chi connectivity index (χ1) is 17.7. The topological polar surface area (TPSA) is 117 Å². The van der Waals surface area contributed by atoms with Gasteiger partial charge in [-0.15, -0.1) is 11.3 Å². The number of rotatable bonds is 7. The van der Waals surface area contributed by atoms with Gasteiger partial charge in [-0.25, -0.2) is 15.0 Å². The van der Waals surface area contributed by atoms with Gasteiger partial charge < -0.3 is 19.8 Å². The second-order valence-corrected chi connectivity index (χ2v) is 9.89. The Hall–Kier alpha value is -3.51. The molecule has 4 aromatic heterocycles. The minimum absolute atomic E-state index is 0.504. The molecule has 5 heterocycles. The Morgan fingerprint density at radius 3 is 2.92 bits per heavy atom. The normalized spacial score (nSPS) is 14.4. The van der Waals surface area contributed by atoms with Crippen molar-refractivity contribution in [1.29, 1.82) is 0 Å². The summed E-state index contributed by atoms with van der Waals surface area (Å²) < 4.78 is 11.6. The smallest absolute Gasteiger partial charge is 0.179 e. The lowest BCUT2D eigenvalue weighted by Crippen LogP contribution is -2.35. The van der Waals surface area contributed by atoms with Crippen LogP contribution in [0, 0.1) is 0 Å². The standard InChI is InChI=1S/C24H23ClN8O2S/c1-34-19-11-26-22(15-9-20(25)36-13-15)31-23(19)30-18-10-27-32-21(18)24-28-16-3-2-14(8-17(16)29-24)12-33-4-6-35-7-5-33/h2-3,8-11,13H,4-7,12H2,1H3,(H,27,32)(H,28,29)(H,26,30,31).